The molecule has 1 saturated heterocycles. The number of nitrogens with zero attached hydrogens (tertiary/aromatic N) is 3. The van der Waals surface area contributed by atoms with Gasteiger partial charge in [-0.2, -0.15) is 5.10 Å². The molecule has 14 heavy (non-hydrogen) atoms. The van der Waals surface area contributed by atoms with Crippen LogP contribution in [0.25, 0.3) is 0 Å². The van der Waals surface area contributed by atoms with Crippen LogP contribution in [0.3, 0.4) is 0 Å². The first kappa shape index (κ1) is 8.29. The van der Waals surface area contributed by atoms with E-state index in [0.29, 0.717) is 6.04 Å². The van der Waals surface area contributed by atoms with Gasteiger partial charge in [0.05, 0.1) is 12.2 Å². The first-order chi connectivity index (χ1) is 6.84. The largest absolute Gasteiger partial charge is 0.384 e. The molecule has 2 aliphatic rings. The van der Waals surface area contributed by atoms with E-state index in [1.807, 2.05) is 10.7 Å². The summed E-state index contributed by atoms with van der Waals surface area (Å²) < 4.78 is 1.97. The molecule has 0 amide bonds. The molecule has 1 aromatic rings. The summed E-state index contributed by atoms with van der Waals surface area (Å²) in [5, 5.41) is 4.28. The smallest absolute Gasteiger partial charge is 0.122 e. The maximum atomic E-state index is 5.84. The van der Waals surface area contributed by atoms with Gasteiger partial charge in [0.2, 0.25) is 0 Å². The van der Waals surface area contributed by atoms with Crippen molar-refractivity contribution in [3.63, 3.8) is 0 Å². The van der Waals surface area contributed by atoms with Gasteiger partial charge in [0.1, 0.15) is 5.82 Å². The third kappa shape index (κ3) is 1.30. The second-order valence-electron chi connectivity index (χ2n) is 4.37. The summed E-state index contributed by atoms with van der Waals surface area (Å²) in [5.74, 6) is 0.799. The van der Waals surface area contributed by atoms with Crippen LogP contribution in [0.15, 0.2) is 12.3 Å². The molecule has 1 aromatic heterocycles. The van der Waals surface area contributed by atoms with E-state index in [9.17, 15) is 0 Å². The van der Waals surface area contributed by atoms with Crippen molar-refractivity contribution in [2.24, 2.45) is 0 Å². The van der Waals surface area contributed by atoms with Gasteiger partial charge in [0.15, 0.2) is 0 Å². The molecule has 0 aromatic carbocycles. The summed E-state index contributed by atoms with van der Waals surface area (Å²) in [4.78, 5) is 2.58. The Kier molecular flexibility index (Phi) is 1.77. The first-order valence-corrected chi connectivity index (χ1v) is 5.37. The van der Waals surface area contributed by atoms with Gasteiger partial charge in [0, 0.05) is 19.1 Å². The maximum Gasteiger partial charge on any atom is 0.122 e. The SMILES string of the molecule is Nc1ccnn1C1CCN(C2CC2)C1. The molecule has 2 fully saturated rings. The molecule has 1 unspecified atom stereocenters. The van der Waals surface area contributed by atoms with Gasteiger partial charge >= 0.3 is 0 Å². The number of nitrogen functional groups attached to an aromatic ring is 1. The van der Waals surface area contributed by atoms with Crippen LogP contribution in [0.1, 0.15) is 25.3 Å². The number of hydrogen-bond donors (Lipinski definition) is 1. The first-order valence-electron chi connectivity index (χ1n) is 5.37. The minimum absolute atomic E-state index is 0.505. The Labute approximate surface area is 83.7 Å². The van der Waals surface area contributed by atoms with Crippen LogP contribution in [0.2, 0.25) is 0 Å². The average molecular weight is 192 g/mol. The lowest BCUT2D eigenvalue weighted by atomic mass is 10.3. The van der Waals surface area contributed by atoms with Crippen LogP contribution in [0, 0.1) is 0 Å². The lowest BCUT2D eigenvalue weighted by molar-refractivity contribution is 0.310. The molecule has 4 nitrogen and oxygen atoms in total. The molecule has 3 rings (SSSR count). The van der Waals surface area contributed by atoms with Crippen molar-refractivity contribution in [3.8, 4) is 0 Å². The van der Waals surface area contributed by atoms with E-state index in [1.54, 1.807) is 6.20 Å². The molecule has 1 saturated carbocycles. The zero-order valence-corrected chi connectivity index (χ0v) is 8.26. The number of likely N-dealkylation sites (tertiary alicyclic amines) is 1. The molecule has 1 aliphatic carbocycles. The zero-order valence-electron chi connectivity index (χ0n) is 8.26. The maximum absolute atomic E-state index is 5.84. The third-order valence-electron chi connectivity index (χ3n) is 3.30. The number of hydrogen-bond acceptors (Lipinski definition) is 3. The molecule has 4 heteroatoms. The molecule has 1 atom stereocenters. The molecule has 0 radical (unpaired) electrons. The van der Waals surface area contributed by atoms with Crippen molar-refractivity contribution in [1.82, 2.24) is 14.7 Å². The Morgan fingerprint density at radius 2 is 2.14 bits per heavy atom. The minimum Gasteiger partial charge on any atom is -0.384 e. The van der Waals surface area contributed by atoms with Crippen LogP contribution in [0.4, 0.5) is 5.82 Å². The number of anilines is 1. The molecule has 0 spiro atoms. The fourth-order valence-electron chi connectivity index (χ4n) is 2.37. The highest BCUT2D eigenvalue weighted by atomic mass is 15.4. The van der Waals surface area contributed by atoms with Gasteiger partial charge in [0.25, 0.3) is 0 Å². The fourth-order valence-corrected chi connectivity index (χ4v) is 2.37. The zero-order chi connectivity index (χ0) is 9.54. The predicted molar refractivity (Wildman–Crippen MR) is 54.9 cm³/mol. The van der Waals surface area contributed by atoms with Gasteiger partial charge in [-0.3, -0.25) is 4.90 Å². The van der Waals surface area contributed by atoms with Crippen molar-refractivity contribution in [2.45, 2.75) is 31.3 Å². The van der Waals surface area contributed by atoms with E-state index in [-0.39, 0.29) is 0 Å². The molecule has 2 heterocycles. The van der Waals surface area contributed by atoms with Crippen LogP contribution < -0.4 is 5.73 Å². The predicted octanol–water partition coefficient (Wildman–Crippen LogP) is 0.874. The standard InChI is InChI=1S/C10H16N4/c11-10-3-5-12-14(10)9-4-6-13(7-9)8-1-2-8/h3,5,8-9H,1-2,4,6-7,11H2. The minimum atomic E-state index is 0.505. The van der Waals surface area contributed by atoms with E-state index < -0.39 is 0 Å². The Morgan fingerprint density at radius 3 is 2.79 bits per heavy atom. The summed E-state index contributed by atoms with van der Waals surface area (Å²) in [6.45, 7) is 2.35. The molecular formula is C10H16N4. The van der Waals surface area contributed by atoms with Gasteiger partial charge < -0.3 is 5.73 Å². The summed E-state index contributed by atoms with van der Waals surface area (Å²) in [6.07, 6.45) is 5.76. The van der Waals surface area contributed by atoms with Gasteiger partial charge in [-0.05, 0) is 25.3 Å². The normalized spacial score (nSPS) is 28.4. The lowest BCUT2D eigenvalue weighted by Crippen LogP contribution is -2.24. The highest BCUT2D eigenvalue weighted by Crippen LogP contribution is 2.33. The van der Waals surface area contributed by atoms with E-state index in [1.165, 1.54) is 25.8 Å². The molecular weight excluding hydrogens is 176 g/mol. The van der Waals surface area contributed by atoms with Crippen molar-refractivity contribution in [3.05, 3.63) is 12.3 Å². The van der Waals surface area contributed by atoms with Crippen LogP contribution in [0.5, 0.6) is 0 Å². The van der Waals surface area contributed by atoms with E-state index >= 15 is 0 Å². The van der Waals surface area contributed by atoms with Crippen LogP contribution in [-0.4, -0.2) is 33.8 Å². The Bertz CT molecular complexity index is 329. The van der Waals surface area contributed by atoms with Crippen LogP contribution in [-0.2, 0) is 0 Å². The van der Waals surface area contributed by atoms with E-state index in [2.05, 4.69) is 10.00 Å². The monoisotopic (exact) mass is 192 g/mol. The highest BCUT2D eigenvalue weighted by Gasteiger charge is 2.35. The second-order valence-corrected chi connectivity index (χ2v) is 4.37. The van der Waals surface area contributed by atoms with Crippen molar-refractivity contribution < 1.29 is 0 Å². The molecule has 76 valence electrons. The summed E-state index contributed by atoms with van der Waals surface area (Å²) in [7, 11) is 0. The summed E-state index contributed by atoms with van der Waals surface area (Å²) in [5.41, 5.74) is 5.84. The van der Waals surface area contributed by atoms with E-state index in [0.717, 1.165) is 18.4 Å². The molecule has 0 bridgehead atoms. The average Bonchev–Trinajstić information content (AvgIpc) is 2.75. The third-order valence-corrected chi connectivity index (χ3v) is 3.30. The second kappa shape index (κ2) is 2.98. The number of nitrogens with two attached hydrogens (primary N) is 1. The van der Waals surface area contributed by atoms with Crippen molar-refractivity contribution >= 4 is 5.82 Å². The van der Waals surface area contributed by atoms with Crippen molar-refractivity contribution in [1.29, 1.82) is 0 Å². The Hall–Kier alpha value is -1.03. The molecule has 2 N–H and O–H groups in total. The topological polar surface area (TPSA) is 47.1 Å². The van der Waals surface area contributed by atoms with Crippen LogP contribution >= 0.6 is 0 Å². The Balaban J connectivity index is 1.72. The van der Waals surface area contributed by atoms with Gasteiger partial charge in [-0.15, -0.1) is 0 Å². The summed E-state index contributed by atoms with van der Waals surface area (Å²) >= 11 is 0. The highest BCUT2D eigenvalue weighted by molar-refractivity contribution is 5.27. The van der Waals surface area contributed by atoms with Crippen molar-refractivity contribution in [2.75, 3.05) is 18.8 Å². The fraction of sp³-hybridized carbons (Fsp3) is 0.700. The Morgan fingerprint density at radius 1 is 1.29 bits per heavy atom. The number of rotatable bonds is 2. The summed E-state index contributed by atoms with van der Waals surface area (Å²) in [6, 6.07) is 3.25. The van der Waals surface area contributed by atoms with E-state index in [4.69, 9.17) is 5.73 Å². The number of aromatic nitrogens is 2. The van der Waals surface area contributed by atoms with Gasteiger partial charge in [-0.1, -0.05) is 0 Å². The molecule has 1 aliphatic heterocycles. The lowest BCUT2D eigenvalue weighted by Gasteiger charge is -2.15. The quantitative estimate of drug-likeness (QED) is 0.756. The van der Waals surface area contributed by atoms with Gasteiger partial charge in [-0.25, -0.2) is 4.68 Å².